The molecule has 0 spiro atoms. The second kappa shape index (κ2) is 7.62. The number of rotatable bonds is 5. The Bertz CT molecular complexity index is 977. The molecule has 2 saturated heterocycles. The third kappa shape index (κ3) is 3.89. The van der Waals surface area contributed by atoms with E-state index < -0.39 is 62.9 Å². The van der Waals surface area contributed by atoms with Crippen molar-refractivity contribution in [3.8, 4) is 0 Å². The van der Waals surface area contributed by atoms with E-state index >= 15 is 0 Å². The molecule has 1 aromatic carbocycles. The molecule has 0 radical (unpaired) electrons. The normalized spacial score (nSPS) is 26.6. The number of fused-ring (bicyclic) bond motifs is 1. The molecule has 0 aliphatic carbocycles. The average Bonchev–Trinajstić information content (AvgIpc) is 2.87. The summed E-state index contributed by atoms with van der Waals surface area (Å²) in [5.74, 6) is -5.35. The average molecular weight is 462 g/mol. The molecule has 2 aliphatic heterocycles. The number of nitrogens with one attached hydrogen (secondary N) is 1. The van der Waals surface area contributed by atoms with Crippen LogP contribution in [0.4, 0.5) is 13.2 Å². The molecule has 2 amide bonds. The highest BCUT2D eigenvalue weighted by Gasteiger charge is 2.69. The van der Waals surface area contributed by atoms with Gasteiger partial charge in [-0.15, -0.1) is 0 Å². The minimum atomic E-state index is -5.22. The lowest BCUT2D eigenvalue weighted by molar-refractivity contribution is -0.179. The summed E-state index contributed by atoms with van der Waals surface area (Å²) in [5.41, 5.74) is 0.487. The maximum absolute atomic E-state index is 12.8. The third-order valence-corrected chi connectivity index (χ3v) is 7.30. The molecular formula is C18H17F3N2O7S. The Balaban J connectivity index is 1.72. The van der Waals surface area contributed by atoms with Gasteiger partial charge in [-0.1, -0.05) is 12.1 Å². The Hall–Kier alpha value is -2.96. The van der Waals surface area contributed by atoms with E-state index in [0.29, 0.717) is 5.56 Å². The lowest BCUT2D eigenvalue weighted by atomic mass is 9.96. The van der Waals surface area contributed by atoms with Crippen molar-refractivity contribution in [2.24, 2.45) is 0 Å². The first kappa shape index (κ1) is 22.7. The Morgan fingerprint density at radius 2 is 1.81 bits per heavy atom. The quantitative estimate of drug-likeness (QED) is 0.483. The van der Waals surface area contributed by atoms with E-state index in [1.807, 2.05) is 0 Å². The zero-order chi connectivity index (χ0) is 23.3. The van der Waals surface area contributed by atoms with Gasteiger partial charge in [0, 0.05) is 0 Å². The predicted octanol–water partition coefficient (Wildman–Crippen LogP) is 0.553. The molecule has 0 bridgehead atoms. The van der Waals surface area contributed by atoms with Crippen LogP contribution in [0, 0.1) is 0 Å². The monoisotopic (exact) mass is 462 g/mol. The van der Waals surface area contributed by atoms with Gasteiger partial charge < -0.3 is 20.1 Å². The lowest BCUT2D eigenvalue weighted by Gasteiger charge is -2.43. The number of carboxylic acids is 1. The fourth-order valence-corrected chi connectivity index (χ4v) is 5.39. The first-order chi connectivity index (χ1) is 14.3. The van der Waals surface area contributed by atoms with Gasteiger partial charge in [-0.25, -0.2) is 9.59 Å². The van der Waals surface area contributed by atoms with Gasteiger partial charge in [-0.05, 0) is 31.5 Å². The number of carbonyl (C=O) groups is 4. The van der Waals surface area contributed by atoms with Crippen molar-refractivity contribution in [3.63, 3.8) is 0 Å². The van der Waals surface area contributed by atoms with Crippen LogP contribution in [0.15, 0.2) is 24.3 Å². The summed E-state index contributed by atoms with van der Waals surface area (Å²) in [6.07, 6.45) is -5.22. The van der Waals surface area contributed by atoms with Crippen molar-refractivity contribution >= 4 is 34.6 Å². The summed E-state index contributed by atoms with van der Waals surface area (Å²) in [6.45, 7) is 2.55. The van der Waals surface area contributed by atoms with Crippen molar-refractivity contribution < 1.29 is 46.4 Å². The van der Waals surface area contributed by atoms with E-state index in [0.717, 1.165) is 4.90 Å². The fourth-order valence-electron chi connectivity index (χ4n) is 3.47. The van der Waals surface area contributed by atoms with E-state index in [1.165, 1.54) is 43.4 Å². The molecule has 2 fully saturated rings. The number of carbonyl (C=O) groups excluding carboxylic acids is 3. The number of halogens is 3. The first-order valence-electron chi connectivity index (χ1n) is 8.86. The number of aromatic carboxylic acids is 1. The van der Waals surface area contributed by atoms with Crippen molar-refractivity contribution in [2.45, 2.75) is 48.8 Å². The highest BCUT2D eigenvalue weighted by molar-refractivity contribution is 7.87. The summed E-state index contributed by atoms with van der Waals surface area (Å²) in [6, 6.07) is 2.48. The van der Waals surface area contributed by atoms with Crippen LogP contribution < -0.4 is 5.32 Å². The van der Waals surface area contributed by atoms with E-state index in [-0.39, 0.29) is 12.2 Å². The SMILES string of the molecule is CC1(C)[C@H](C(=O)OCc2ccc(C(=O)O)cc2)N2C(=O)[C@H](NC(=O)C(F)(F)F)[C@H]2S1=O. The largest absolute Gasteiger partial charge is 0.478 e. The Kier molecular flexibility index (Phi) is 5.59. The minimum Gasteiger partial charge on any atom is -0.478 e. The second-order valence-corrected chi connectivity index (χ2v) is 9.63. The molecule has 2 N–H and O–H groups in total. The Morgan fingerprint density at radius 3 is 2.32 bits per heavy atom. The molecule has 4 atom stereocenters. The van der Waals surface area contributed by atoms with Gasteiger partial charge in [0.1, 0.15) is 24.1 Å². The van der Waals surface area contributed by atoms with E-state index in [1.54, 1.807) is 0 Å². The first-order valence-corrected chi connectivity index (χ1v) is 10.1. The second-order valence-electron chi connectivity index (χ2n) is 7.50. The van der Waals surface area contributed by atoms with Crippen LogP contribution in [0.3, 0.4) is 0 Å². The number of hydrogen-bond acceptors (Lipinski definition) is 6. The predicted molar refractivity (Wildman–Crippen MR) is 97.8 cm³/mol. The van der Waals surface area contributed by atoms with E-state index in [9.17, 15) is 36.6 Å². The summed E-state index contributed by atoms with van der Waals surface area (Å²) < 4.78 is 54.1. The topological polar surface area (TPSA) is 130 Å². The standard InChI is InChI=1S/C18H17F3N2O7S/c1-17(2)11(15(27)30-7-8-3-5-9(6-4-8)14(25)26)23-12(24)10(13(23)31(17)29)22-16(28)18(19,20)21/h3-6,10-11,13H,7H2,1-2H3,(H,22,28)(H,25,26)/t10-,11-,13+,31?/m0/s1. The zero-order valence-corrected chi connectivity index (χ0v) is 17.0. The number of carboxylic acid groups (broad SMARTS) is 1. The van der Waals surface area contributed by atoms with Crippen LogP contribution in [0.2, 0.25) is 0 Å². The molecule has 31 heavy (non-hydrogen) atoms. The van der Waals surface area contributed by atoms with Gasteiger partial charge >= 0.3 is 24.0 Å². The van der Waals surface area contributed by atoms with Gasteiger partial charge in [-0.3, -0.25) is 13.8 Å². The van der Waals surface area contributed by atoms with E-state index in [4.69, 9.17) is 9.84 Å². The number of benzene rings is 1. The van der Waals surface area contributed by atoms with Gasteiger partial charge in [-0.2, -0.15) is 13.2 Å². The highest BCUT2D eigenvalue weighted by atomic mass is 32.2. The maximum Gasteiger partial charge on any atom is 0.471 e. The number of alkyl halides is 3. The number of hydrogen-bond donors (Lipinski definition) is 2. The molecule has 0 aromatic heterocycles. The third-order valence-electron chi connectivity index (χ3n) is 5.10. The smallest absolute Gasteiger partial charge is 0.471 e. The van der Waals surface area contributed by atoms with Crippen molar-refractivity contribution in [1.82, 2.24) is 10.2 Å². The fraction of sp³-hybridized carbons (Fsp3) is 0.444. The van der Waals surface area contributed by atoms with Crippen LogP contribution in [-0.4, -0.2) is 66.3 Å². The summed E-state index contributed by atoms with van der Waals surface area (Å²) in [4.78, 5) is 48.0. The molecule has 168 valence electrons. The Morgan fingerprint density at radius 1 is 1.23 bits per heavy atom. The van der Waals surface area contributed by atoms with Crippen molar-refractivity contribution in [2.75, 3.05) is 0 Å². The molecule has 2 heterocycles. The molecule has 13 heteroatoms. The summed E-state index contributed by atoms with van der Waals surface area (Å²) in [5, 5.41) is 9.12. The molecule has 1 unspecified atom stereocenters. The van der Waals surface area contributed by atoms with Gasteiger partial charge in [0.15, 0.2) is 0 Å². The van der Waals surface area contributed by atoms with Gasteiger partial charge in [0.2, 0.25) is 5.91 Å². The van der Waals surface area contributed by atoms with Crippen molar-refractivity contribution in [3.05, 3.63) is 35.4 Å². The van der Waals surface area contributed by atoms with Crippen molar-refractivity contribution in [1.29, 1.82) is 0 Å². The number of amides is 2. The Labute approximate surface area is 176 Å². The molecular weight excluding hydrogens is 445 g/mol. The summed E-state index contributed by atoms with van der Waals surface area (Å²) in [7, 11) is -1.97. The van der Waals surface area contributed by atoms with Crippen LogP contribution in [0.25, 0.3) is 0 Å². The van der Waals surface area contributed by atoms with E-state index in [2.05, 4.69) is 0 Å². The van der Waals surface area contributed by atoms with Gasteiger partial charge in [0.25, 0.3) is 0 Å². The summed E-state index contributed by atoms with van der Waals surface area (Å²) >= 11 is 0. The highest BCUT2D eigenvalue weighted by Crippen LogP contribution is 2.44. The molecule has 9 nitrogen and oxygen atoms in total. The maximum atomic E-state index is 12.8. The number of ether oxygens (including phenoxy) is 1. The number of nitrogens with zero attached hydrogens (tertiary/aromatic N) is 1. The van der Waals surface area contributed by atoms with Gasteiger partial charge in [0.05, 0.1) is 21.1 Å². The zero-order valence-electron chi connectivity index (χ0n) is 16.1. The van der Waals surface area contributed by atoms with Crippen LogP contribution >= 0.6 is 0 Å². The number of esters is 1. The van der Waals surface area contributed by atoms with Crippen LogP contribution in [0.1, 0.15) is 29.8 Å². The minimum absolute atomic E-state index is 0.0309. The van der Waals surface area contributed by atoms with Crippen LogP contribution in [0.5, 0.6) is 0 Å². The van der Waals surface area contributed by atoms with Crippen LogP contribution in [-0.2, 0) is 36.5 Å². The number of β-lactam (4-membered cyclic amide) rings is 1. The molecule has 1 aromatic rings. The molecule has 3 rings (SSSR count). The molecule has 2 aliphatic rings. The molecule has 0 saturated carbocycles. The lowest BCUT2D eigenvalue weighted by Crippen LogP contribution is -2.72.